The predicted molar refractivity (Wildman–Crippen MR) is 99.9 cm³/mol. The number of benzene rings is 1. The van der Waals surface area contributed by atoms with Crippen molar-refractivity contribution in [3.8, 4) is 0 Å². The largest absolute Gasteiger partial charge is 0.385 e. The van der Waals surface area contributed by atoms with Crippen LogP contribution in [0.2, 0.25) is 0 Å². The number of hydrogen-bond acceptors (Lipinski definition) is 4. The lowest BCUT2D eigenvalue weighted by atomic mass is 9.92. The summed E-state index contributed by atoms with van der Waals surface area (Å²) < 4.78 is 6.88. The summed E-state index contributed by atoms with van der Waals surface area (Å²) in [6.45, 7) is 3.18. The molecule has 0 radical (unpaired) electrons. The first-order chi connectivity index (χ1) is 12.8. The molecule has 1 aliphatic rings. The van der Waals surface area contributed by atoms with Crippen molar-refractivity contribution in [2.24, 2.45) is 5.92 Å². The van der Waals surface area contributed by atoms with Gasteiger partial charge in [-0.1, -0.05) is 35.5 Å². The summed E-state index contributed by atoms with van der Waals surface area (Å²) in [6, 6.07) is 10.3. The van der Waals surface area contributed by atoms with E-state index in [2.05, 4.69) is 22.4 Å². The molecule has 6 nitrogen and oxygen atoms in total. The number of aryl methyl sites for hydroxylation is 2. The number of carbonyl (C=O) groups is 1. The van der Waals surface area contributed by atoms with Gasteiger partial charge in [0.15, 0.2) is 5.69 Å². The molecule has 0 aliphatic carbocycles. The standard InChI is InChI=1S/C20H28N4O2/c1-26-15-5-8-18-9-12-23(13-10-18)20(25)19-16-24(22-21-19)14-11-17-6-3-2-4-7-17/h2-4,6-7,16,18H,5,8-15H2,1H3. The molecule has 1 aromatic carbocycles. The van der Waals surface area contributed by atoms with Crippen LogP contribution >= 0.6 is 0 Å². The van der Waals surface area contributed by atoms with Crippen molar-refractivity contribution in [1.82, 2.24) is 19.9 Å². The number of piperidine rings is 1. The SMILES string of the molecule is COCCCC1CCN(C(=O)c2cn(CCc3ccccc3)nn2)CC1. The second kappa shape index (κ2) is 9.48. The monoisotopic (exact) mass is 356 g/mol. The molecule has 2 heterocycles. The van der Waals surface area contributed by atoms with E-state index in [1.54, 1.807) is 18.0 Å². The van der Waals surface area contributed by atoms with Crippen molar-refractivity contribution in [3.05, 3.63) is 47.8 Å². The maximum absolute atomic E-state index is 12.6. The molecule has 0 unspecified atom stereocenters. The van der Waals surface area contributed by atoms with Gasteiger partial charge in [-0.2, -0.15) is 0 Å². The fourth-order valence-electron chi connectivity index (χ4n) is 3.50. The van der Waals surface area contributed by atoms with Crippen LogP contribution in [0.4, 0.5) is 0 Å². The molecule has 26 heavy (non-hydrogen) atoms. The van der Waals surface area contributed by atoms with Gasteiger partial charge in [0.1, 0.15) is 0 Å². The zero-order valence-electron chi connectivity index (χ0n) is 15.5. The van der Waals surface area contributed by atoms with Gasteiger partial charge in [-0.05, 0) is 43.6 Å². The number of aromatic nitrogens is 3. The number of ether oxygens (including phenoxy) is 1. The summed E-state index contributed by atoms with van der Waals surface area (Å²) in [5, 5.41) is 8.21. The number of methoxy groups -OCH3 is 1. The summed E-state index contributed by atoms with van der Waals surface area (Å²) in [5.41, 5.74) is 1.71. The van der Waals surface area contributed by atoms with E-state index in [9.17, 15) is 4.79 Å². The van der Waals surface area contributed by atoms with E-state index in [0.717, 1.165) is 51.9 Å². The van der Waals surface area contributed by atoms with Crippen molar-refractivity contribution in [3.63, 3.8) is 0 Å². The zero-order chi connectivity index (χ0) is 18.2. The number of rotatable bonds is 8. The number of nitrogens with zero attached hydrogens (tertiary/aromatic N) is 4. The van der Waals surface area contributed by atoms with Gasteiger partial charge >= 0.3 is 0 Å². The molecule has 1 fully saturated rings. The summed E-state index contributed by atoms with van der Waals surface area (Å²) in [5.74, 6) is 0.710. The Kier molecular flexibility index (Phi) is 6.77. The fraction of sp³-hybridized carbons (Fsp3) is 0.550. The lowest BCUT2D eigenvalue weighted by molar-refractivity contribution is 0.0675. The zero-order valence-corrected chi connectivity index (χ0v) is 15.5. The number of likely N-dealkylation sites (tertiary alicyclic amines) is 1. The van der Waals surface area contributed by atoms with E-state index in [1.807, 2.05) is 23.1 Å². The first-order valence-electron chi connectivity index (χ1n) is 9.48. The van der Waals surface area contributed by atoms with Gasteiger partial charge in [0, 0.05) is 33.4 Å². The van der Waals surface area contributed by atoms with Crippen LogP contribution in [0.5, 0.6) is 0 Å². The number of carbonyl (C=O) groups excluding carboxylic acids is 1. The lowest BCUT2D eigenvalue weighted by Gasteiger charge is -2.31. The number of amides is 1. The second-order valence-corrected chi connectivity index (χ2v) is 6.97. The van der Waals surface area contributed by atoms with Crippen molar-refractivity contribution >= 4 is 5.91 Å². The Balaban J connectivity index is 1.46. The highest BCUT2D eigenvalue weighted by molar-refractivity contribution is 5.91. The van der Waals surface area contributed by atoms with E-state index < -0.39 is 0 Å². The topological polar surface area (TPSA) is 60.2 Å². The van der Waals surface area contributed by atoms with Crippen LogP contribution < -0.4 is 0 Å². The molecule has 0 atom stereocenters. The molecule has 0 N–H and O–H groups in total. The highest BCUT2D eigenvalue weighted by atomic mass is 16.5. The van der Waals surface area contributed by atoms with Crippen molar-refractivity contribution in [2.45, 2.75) is 38.6 Å². The molecule has 140 valence electrons. The fourth-order valence-corrected chi connectivity index (χ4v) is 3.50. The third-order valence-corrected chi connectivity index (χ3v) is 5.09. The number of hydrogen-bond donors (Lipinski definition) is 0. The first-order valence-corrected chi connectivity index (χ1v) is 9.48. The van der Waals surface area contributed by atoms with Crippen LogP contribution in [-0.2, 0) is 17.7 Å². The summed E-state index contributed by atoms with van der Waals surface area (Å²) in [7, 11) is 1.74. The van der Waals surface area contributed by atoms with Crippen molar-refractivity contribution in [2.75, 3.05) is 26.8 Å². The predicted octanol–water partition coefficient (Wildman–Crippen LogP) is 2.80. The molecule has 3 rings (SSSR count). The van der Waals surface area contributed by atoms with Crippen molar-refractivity contribution < 1.29 is 9.53 Å². The maximum atomic E-state index is 12.6. The van der Waals surface area contributed by atoms with Crippen LogP contribution in [0.25, 0.3) is 0 Å². The molecular formula is C20H28N4O2. The Morgan fingerprint density at radius 3 is 2.73 bits per heavy atom. The van der Waals surface area contributed by atoms with Gasteiger partial charge in [0.2, 0.25) is 0 Å². The van der Waals surface area contributed by atoms with E-state index in [0.29, 0.717) is 11.6 Å². The van der Waals surface area contributed by atoms with E-state index >= 15 is 0 Å². The third kappa shape index (κ3) is 5.14. The lowest BCUT2D eigenvalue weighted by Crippen LogP contribution is -2.38. The molecule has 0 spiro atoms. The Hall–Kier alpha value is -2.21. The van der Waals surface area contributed by atoms with Crippen LogP contribution in [-0.4, -0.2) is 52.6 Å². The van der Waals surface area contributed by atoms with Crippen LogP contribution in [0, 0.1) is 5.92 Å². The minimum atomic E-state index is 0.00584. The molecule has 1 aromatic heterocycles. The van der Waals surface area contributed by atoms with E-state index in [4.69, 9.17) is 4.74 Å². The van der Waals surface area contributed by atoms with Gasteiger partial charge in [0.05, 0.1) is 6.20 Å². The van der Waals surface area contributed by atoms with E-state index in [-0.39, 0.29) is 5.91 Å². The molecule has 1 amide bonds. The molecule has 2 aromatic rings. The van der Waals surface area contributed by atoms with Gasteiger partial charge in [-0.25, -0.2) is 0 Å². The van der Waals surface area contributed by atoms with Crippen LogP contribution in [0.15, 0.2) is 36.5 Å². The quantitative estimate of drug-likeness (QED) is 0.683. The van der Waals surface area contributed by atoms with Crippen LogP contribution in [0.1, 0.15) is 41.7 Å². The Labute approximate surface area is 155 Å². The van der Waals surface area contributed by atoms with Crippen LogP contribution in [0.3, 0.4) is 0 Å². The highest BCUT2D eigenvalue weighted by Crippen LogP contribution is 2.22. The third-order valence-electron chi connectivity index (χ3n) is 5.09. The Morgan fingerprint density at radius 1 is 1.23 bits per heavy atom. The average molecular weight is 356 g/mol. The maximum Gasteiger partial charge on any atom is 0.276 e. The highest BCUT2D eigenvalue weighted by Gasteiger charge is 2.25. The van der Waals surface area contributed by atoms with Gasteiger partial charge in [0.25, 0.3) is 5.91 Å². The van der Waals surface area contributed by atoms with E-state index in [1.165, 1.54) is 12.0 Å². The molecule has 1 saturated heterocycles. The minimum Gasteiger partial charge on any atom is -0.385 e. The Bertz CT molecular complexity index is 678. The molecule has 0 bridgehead atoms. The first kappa shape index (κ1) is 18.6. The molecular weight excluding hydrogens is 328 g/mol. The van der Waals surface area contributed by atoms with Crippen molar-refractivity contribution in [1.29, 1.82) is 0 Å². The summed E-state index contributed by atoms with van der Waals surface area (Å²) >= 11 is 0. The molecule has 0 saturated carbocycles. The summed E-state index contributed by atoms with van der Waals surface area (Å²) in [6.07, 6.45) is 7.08. The van der Waals surface area contributed by atoms with Gasteiger partial charge in [-0.15, -0.1) is 5.10 Å². The smallest absolute Gasteiger partial charge is 0.276 e. The normalized spacial score (nSPS) is 15.3. The van der Waals surface area contributed by atoms with Gasteiger partial charge in [-0.3, -0.25) is 9.48 Å². The molecule has 1 aliphatic heterocycles. The summed E-state index contributed by atoms with van der Waals surface area (Å²) in [4.78, 5) is 14.6. The average Bonchev–Trinajstić information content (AvgIpc) is 3.16. The Morgan fingerprint density at radius 2 is 2.00 bits per heavy atom. The second-order valence-electron chi connectivity index (χ2n) is 6.97. The minimum absolute atomic E-state index is 0.00584. The molecule has 6 heteroatoms. The van der Waals surface area contributed by atoms with Gasteiger partial charge < -0.3 is 9.64 Å².